The Balaban J connectivity index is 2.46. The Morgan fingerprint density at radius 3 is 2.53 bits per heavy atom. The summed E-state index contributed by atoms with van der Waals surface area (Å²) in [6.07, 6.45) is 2.52. The van der Waals surface area contributed by atoms with Gasteiger partial charge in [0, 0.05) is 10.3 Å². The van der Waals surface area contributed by atoms with Gasteiger partial charge in [0.2, 0.25) is 0 Å². The van der Waals surface area contributed by atoms with Crippen LogP contribution < -0.4 is 5.32 Å². The molecule has 2 amide bonds. The van der Waals surface area contributed by atoms with E-state index in [1.165, 1.54) is 6.21 Å². The first-order valence-corrected chi connectivity index (χ1v) is 6.84. The predicted octanol–water partition coefficient (Wildman–Crippen LogP) is 2.68. The van der Waals surface area contributed by atoms with Crippen molar-refractivity contribution in [3.63, 3.8) is 0 Å². The molecule has 102 valence electrons. The fourth-order valence-electron chi connectivity index (χ4n) is 1.03. The van der Waals surface area contributed by atoms with Crippen LogP contribution in [0, 0.1) is 0 Å². The molecular weight excluding hydrogens is 264 g/mol. The minimum atomic E-state index is -0.901. The van der Waals surface area contributed by atoms with Crippen LogP contribution >= 0.6 is 11.8 Å². The number of imide groups is 1. The lowest BCUT2D eigenvalue weighted by molar-refractivity contribution is 0.0923. The minimum absolute atomic E-state index is 0.232. The Hall–Kier alpha value is -1.82. The summed E-state index contributed by atoms with van der Waals surface area (Å²) < 4.78 is -0.232. The van der Waals surface area contributed by atoms with Crippen LogP contribution in [0.2, 0.25) is 0 Å². The molecule has 1 N–H and O–H groups in total. The van der Waals surface area contributed by atoms with E-state index in [1.54, 1.807) is 42.1 Å². The number of hydrogen-bond acceptors (Lipinski definition) is 5. The Morgan fingerprint density at radius 2 is 1.95 bits per heavy atom. The summed E-state index contributed by atoms with van der Waals surface area (Å²) in [5, 5.41) is 5.63. The number of thioether (sulfide) groups is 1. The van der Waals surface area contributed by atoms with Gasteiger partial charge in [-0.3, -0.25) is 14.9 Å². The van der Waals surface area contributed by atoms with E-state index in [2.05, 4.69) is 15.3 Å². The first-order valence-electron chi connectivity index (χ1n) is 5.61. The van der Waals surface area contributed by atoms with Crippen LogP contribution in [-0.4, -0.2) is 29.2 Å². The molecule has 0 aromatic heterocycles. The lowest BCUT2D eigenvalue weighted by Crippen LogP contribution is -2.30. The van der Waals surface area contributed by atoms with Crippen LogP contribution in [-0.2, 0) is 4.84 Å². The smallest absolute Gasteiger partial charge is 0.298 e. The van der Waals surface area contributed by atoms with Gasteiger partial charge in [-0.05, 0) is 32.2 Å². The van der Waals surface area contributed by atoms with E-state index in [1.807, 2.05) is 20.1 Å². The predicted molar refractivity (Wildman–Crippen MR) is 76.5 cm³/mol. The average molecular weight is 280 g/mol. The highest BCUT2D eigenvalue weighted by Gasteiger charge is 2.14. The highest BCUT2D eigenvalue weighted by Crippen LogP contribution is 2.17. The number of nitrogens with one attached hydrogen (secondary N) is 1. The molecule has 0 aliphatic carbocycles. The Morgan fingerprint density at radius 1 is 1.32 bits per heavy atom. The lowest BCUT2D eigenvalue weighted by Gasteiger charge is -2.13. The second kappa shape index (κ2) is 6.94. The third-order valence-electron chi connectivity index (χ3n) is 2.28. The van der Waals surface area contributed by atoms with E-state index in [4.69, 9.17) is 0 Å². The minimum Gasteiger partial charge on any atom is -0.298 e. The maximum absolute atomic E-state index is 11.6. The number of hydrogen-bond donors (Lipinski definition) is 1. The van der Waals surface area contributed by atoms with E-state index >= 15 is 0 Å². The van der Waals surface area contributed by atoms with E-state index in [0.717, 1.165) is 0 Å². The second-order valence-corrected chi connectivity index (χ2v) is 5.70. The Bertz CT molecular complexity index is 472. The normalized spacial score (nSPS) is 11.3. The zero-order valence-corrected chi connectivity index (χ0v) is 11.9. The molecule has 0 saturated heterocycles. The molecule has 0 aliphatic rings. The monoisotopic (exact) mass is 280 g/mol. The van der Waals surface area contributed by atoms with Gasteiger partial charge in [-0.1, -0.05) is 23.4 Å². The molecule has 6 heteroatoms. The summed E-state index contributed by atoms with van der Waals surface area (Å²) in [5.41, 5.74) is 0.382. The van der Waals surface area contributed by atoms with Crippen molar-refractivity contribution >= 4 is 30.0 Å². The van der Waals surface area contributed by atoms with Crippen molar-refractivity contribution in [3.8, 4) is 0 Å². The van der Waals surface area contributed by atoms with Crippen LogP contribution in [0.15, 0.2) is 35.5 Å². The molecule has 0 heterocycles. The fraction of sp³-hybridized carbons (Fsp3) is 0.308. The molecule has 0 bridgehead atoms. The molecular formula is C13H16N2O3S. The molecule has 1 aromatic carbocycles. The highest BCUT2D eigenvalue weighted by molar-refractivity contribution is 8.00. The Kier molecular flexibility index (Phi) is 5.57. The Labute approximate surface area is 116 Å². The standard InChI is InChI=1S/C13H16N2O3S/c1-13(2,19-3)9-14-18-12(17)15-11(16)10-7-5-4-6-8-10/h4-9H,1-3H3,(H,15,16,17)/b14-9-. The first-order chi connectivity index (χ1) is 8.94. The van der Waals surface area contributed by atoms with Gasteiger partial charge in [-0.2, -0.15) is 11.8 Å². The van der Waals surface area contributed by atoms with Crippen molar-refractivity contribution in [1.82, 2.24) is 5.32 Å². The number of benzene rings is 1. The number of carbonyl (C=O) groups excluding carboxylic acids is 2. The van der Waals surface area contributed by atoms with Crippen LogP contribution in [0.4, 0.5) is 4.79 Å². The molecule has 5 nitrogen and oxygen atoms in total. The number of nitrogens with zero attached hydrogens (tertiary/aromatic N) is 1. The molecule has 1 aromatic rings. The lowest BCUT2D eigenvalue weighted by atomic mass is 10.2. The van der Waals surface area contributed by atoms with Crippen molar-refractivity contribution in [2.75, 3.05) is 6.26 Å². The van der Waals surface area contributed by atoms with Gasteiger partial charge in [0.25, 0.3) is 5.91 Å². The molecule has 0 fully saturated rings. The van der Waals surface area contributed by atoms with Crippen molar-refractivity contribution < 1.29 is 14.4 Å². The molecule has 0 saturated carbocycles. The molecule has 0 radical (unpaired) electrons. The summed E-state index contributed by atoms with van der Waals surface area (Å²) >= 11 is 1.56. The van der Waals surface area contributed by atoms with Gasteiger partial charge in [0.15, 0.2) is 0 Å². The zero-order chi connectivity index (χ0) is 14.3. The number of rotatable bonds is 4. The fourth-order valence-corrected chi connectivity index (χ4v) is 1.18. The van der Waals surface area contributed by atoms with Gasteiger partial charge in [-0.15, -0.1) is 0 Å². The van der Waals surface area contributed by atoms with E-state index in [0.29, 0.717) is 5.56 Å². The second-order valence-electron chi connectivity index (χ2n) is 4.24. The summed E-state index contributed by atoms with van der Waals surface area (Å²) in [4.78, 5) is 27.5. The SMILES string of the molecule is CSC(C)(C)/C=N\OC(=O)NC(=O)c1ccccc1. The molecule has 19 heavy (non-hydrogen) atoms. The third kappa shape index (κ3) is 5.56. The summed E-state index contributed by atoms with van der Waals surface area (Å²) in [6, 6.07) is 8.40. The van der Waals surface area contributed by atoms with E-state index in [9.17, 15) is 9.59 Å². The molecule has 0 unspecified atom stereocenters. The van der Waals surface area contributed by atoms with Gasteiger partial charge in [0.1, 0.15) is 0 Å². The summed E-state index contributed by atoms with van der Waals surface area (Å²) in [6.45, 7) is 3.86. The maximum Gasteiger partial charge on any atom is 0.440 e. The molecule has 0 aliphatic heterocycles. The molecule has 0 atom stereocenters. The van der Waals surface area contributed by atoms with E-state index in [-0.39, 0.29) is 4.75 Å². The van der Waals surface area contributed by atoms with Gasteiger partial charge < -0.3 is 0 Å². The van der Waals surface area contributed by atoms with Crippen LogP contribution in [0.1, 0.15) is 24.2 Å². The summed E-state index contributed by atoms with van der Waals surface area (Å²) in [5.74, 6) is -0.523. The maximum atomic E-state index is 11.6. The van der Waals surface area contributed by atoms with Crippen LogP contribution in [0.5, 0.6) is 0 Å². The quantitative estimate of drug-likeness (QED) is 0.523. The number of amides is 2. The highest BCUT2D eigenvalue weighted by atomic mass is 32.2. The first kappa shape index (κ1) is 15.2. The van der Waals surface area contributed by atoms with E-state index < -0.39 is 12.0 Å². The van der Waals surface area contributed by atoms with Crippen LogP contribution in [0.3, 0.4) is 0 Å². The average Bonchev–Trinajstić information content (AvgIpc) is 2.39. The van der Waals surface area contributed by atoms with Gasteiger partial charge in [0.05, 0.1) is 6.21 Å². The topological polar surface area (TPSA) is 67.8 Å². The summed E-state index contributed by atoms with van der Waals surface area (Å²) in [7, 11) is 0. The van der Waals surface area contributed by atoms with Crippen molar-refractivity contribution in [3.05, 3.63) is 35.9 Å². The largest absolute Gasteiger partial charge is 0.440 e. The third-order valence-corrected chi connectivity index (χ3v) is 3.43. The number of oxime groups is 1. The van der Waals surface area contributed by atoms with Crippen molar-refractivity contribution in [2.45, 2.75) is 18.6 Å². The van der Waals surface area contributed by atoms with Crippen LogP contribution in [0.25, 0.3) is 0 Å². The molecule has 1 rings (SSSR count). The van der Waals surface area contributed by atoms with Gasteiger partial charge >= 0.3 is 6.09 Å². The number of carbonyl (C=O) groups is 2. The van der Waals surface area contributed by atoms with Gasteiger partial charge in [-0.25, -0.2) is 4.79 Å². The van der Waals surface area contributed by atoms with Crippen molar-refractivity contribution in [1.29, 1.82) is 0 Å². The zero-order valence-electron chi connectivity index (χ0n) is 11.0. The molecule has 0 spiro atoms. The van der Waals surface area contributed by atoms with Crippen molar-refractivity contribution in [2.24, 2.45) is 5.16 Å².